The first-order valence-corrected chi connectivity index (χ1v) is 8.73. The van der Waals surface area contributed by atoms with Crippen LogP contribution in [0, 0.1) is 5.41 Å². The molecule has 0 atom stereocenters. The number of ether oxygens (including phenoxy) is 3. The number of carbonyl (C=O) groups excluding carboxylic acids is 3. The molecule has 0 bridgehead atoms. The van der Waals surface area contributed by atoms with Crippen LogP contribution in [0.5, 0.6) is 0 Å². The zero-order chi connectivity index (χ0) is 19.8. The molecule has 0 amide bonds. The van der Waals surface area contributed by atoms with E-state index in [0.717, 1.165) is 0 Å². The predicted molar refractivity (Wildman–Crippen MR) is 87.9 cm³/mol. The minimum Gasteiger partial charge on any atom is -1.00 e. The van der Waals surface area contributed by atoms with Crippen LogP contribution in [0.25, 0.3) is 0 Å². The number of carbonyl (C=O) groups is 3. The quantitative estimate of drug-likeness (QED) is 0.151. The number of hydrogen-bond donors (Lipinski definition) is 1. The minimum atomic E-state index is -4.56. The van der Waals surface area contributed by atoms with Gasteiger partial charge in [-0.25, -0.2) is 9.59 Å². The summed E-state index contributed by atoms with van der Waals surface area (Å²) in [5.41, 5.74) is -1.49. The van der Waals surface area contributed by atoms with Gasteiger partial charge in [-0.05, 0) is 20.3 Å². The summed E-state index contributed by atoms with van der Waals surface area (Å²) in [6, 6.07) is 0. The Morgan fingerprint density at radius 2 is 1.38 bits per heavy atom. The fourth-order valence-corrected chi connectivity index (χ4v) is 1.70. The Hall–Kier alpha value is -1.60. The van der Waals surface area contributed by atoms with Crippen molar-refractivity contribution in [3.05, 3.63) is 24.3 Å². The van der Waals surface area contributed by atoms with Gasteiger partial charge in [-0.15, -0.1) is 0 Å². The third-order valence-electron chi connectivity index (χ3n) is 3.10. The molecule has 0 heterocycles. The second kappa shape index (κ2) is 11.2. The third-order valence-corrected chi connectivity index (χ3v) is 3.52. The van der Waals surface area contributed by atoms with Gasteiger partial charge in [-0.2, -0.15) is 8.42 Å². The maximum atomic E-state index is 12.3. The van der Waals surface area contributed by atoms with Crippen molar-refractivity contribution in [1.82, 2.24) is 0 Å². The Labute approximate surface area is 166 Å². The SMILES string of the molecule is C=C(C)C(=O)OCC(CC)(COC(=O)C(=C)C)C(=O)OCS(=O)(=O)O.[H-].[Li+]. The first-order chi connectivity index (χ1) is 11.3. The summed E-state index contributed by atoms with van der Waals surface area (Å²) in [5, 5.41) is 0. The first-order valence-electron chi connectivity index (χ1n) is 7.12. The predicted octanol–water partition coefficient (Wildman–Crippen LogP) is -1.87. The number of esters is 3. The van der Waals surface area contributed by atoms with Crippen LogP contribution < -0.4 is 18.9 Å². The van der Waals surface area contributed by atoms with E-state index in [4.69, 9.17) is 14.0 Å². The Kier molecular flexibility index (Phi) is 11.5. The van der Waals surface area contributed by atoms with Crippen molar-refractivity contribution in [2.75, 3.05) is 19.2 Å². The van der Waals surface area contributed by atoms with Gasteiger partial charge in [0, 0.05) is 11.1 Å². The van der Waals surface area contributed by atoms with E-state index in [-0.39, 0.29) is 37.9 Å². The van der Waals surface area contributed by atoms with Gasteiger partial charge >= 0.3 is 46.9 Å². The van der Waals surface area contributed by atoms with Crippen molar-refractivity contribution in [1.29, 1.82) is 0 Å². The second-order valence-electron chi connectivity index (χ2n) is 5.48. The number of hydrogen-bond acceptors (Lipinski definition) is 8. The molecule has 0 aromatic heterocycles. The molecular weight excluding hydrogens is 363 g/mol. The zero-order valence-electron chi connectivity index (χ0n) is 16.4. The maximum absolute atomic E-state index is 12.3. The van der Waals surface area contributed by atoms with E-state index in [9.17, 15) is 22.8 Å². The van der Waals surface area contributed by atoms with Crippen LogP contribution in [0.3, 0.4) is 0 Å². The van der Waals surface area contributed by atoms with Crippen molar-refractivity contribution in [3.8, 4) is 0 Å². The van der Waals surface area contributed by atoms with Crippen LogP contribution in [0.4, 0.5) is 0 Å². The van der Waals surface area contributed by atoms with Crippen LogP contribution in [-0.4, -0.2) is 50.0 Å². The first kappa shape index (κ1) is 26.6. The second-order valence-corrected chi connectivity index (χ2v) is 6.88. The molecule has 144 valence electrons. The van der Waals surface area contributed by atoms with E-state index in [1.807, 2.05) is 0 Å². The largest absolute Gasteiger partial charge is 1.00 e. The fraction of sp³-hybridized carbons (Fsp3) is 0.533. The topological polar surface area (TPSA) is 133 Å². The van der Waals surface area contributed by atoms with E-state index in [0.29, 0.717) is 0 Å². The fourth-order valence-electron chi connectivity index (χ4n) is 1.44. The molecule has 0 spiro atoms. The molecule has 0 unspecified atom stereocenters. The van der Waals surface area contributed by atoms with Crippen LogP contribution >= 0.6 is 0 Å². The Morgan fingerprint density at radius 1 is 1.00 bits per heavy atom. The molecule has 0 radical (unpaired) electrons. The van der Waals surface area contributed by atoms with Crippen LogP contribution in [-0.2, 0) is 38.7 Å². The van der Waals surface area contributed by atoms with Gasteiger partial charge in [-0.3, -0.25) is 9.35 Å². The Balaban J connectivity index is -0.00000288. The van der Waals surface area contributed by atoms with Crippen molar-refractivity contribution < 1.29 is 61.9 Å². The molecular formula is C15H23LiO9S. The molecule has 0 aromatic carbocycles. The molecule has 11 heteroatoms. The molecule has 0 fully saturated rings. The van der Waals surface area contributed by atoms with Crippen molar-refractivity contribution in [3.63, 3.8) is 0 Å². The molecule has 26 heavy (non-hydrogen) atoms. The van der Waals surface area contributed by atoms with Crippen LogP contribution in [0.1, 0.15) is 28.6 Å². The number of rotatable bonds is 10. The van der Waals surface area contributed by atoms with Gasteiger partial charge in [0.1, 0.15) is 18.6 Å². The summed E-state index contributed by atoms with van der Waals surface area (Å²) >= 11 is 0. The monoisotopic (exact) mass is 386 g/mol. The summed E-state index contributed by atoms with van der Waals surface area (Å²) in [7, 11) is -4.56. The van der Waals surface area contributed by atoms with E-state index in [1.54, 1.807) is 0 Å². The summed E-state index contributed by atoms with van der Waals surface area (Å²) in [5.74, 6) is -3.97. The van der Waals surface area contributed by atoms with E-state index >= 15 is 0 Å². The molecule has 0 aliphatic heterocycles. The van der Waals surface area contributed by atoms with E-state index in [1.165, 1.54) is 20.8 Å². The molecule has 9 nitrogen and oxygen atoms in total. The summed E-state index contributed by atoms with van der Waals surface area (Å²) in [6.07, 6.45) is -0.00967. The van der Waals surface area contributed by atoms with Gasteiger partial charge < -0.3 is 15.6 Å². The average molecular weight is 386 g/mol. The normalized spacial score (nSPS) is 10.9. The van der Waals surface area contributed by atoms with Gasteiger partial charge in [0.2, 0.25) is 5.94 Å². The van der Waals surface area contributed by atoms with Gasteiger partial charge in [-0.1, -0.05) is 20.1 Å². The van der Waals surface area contributed by atoms with Crippen molar-refractivity contribution in [2.45, 2.75) is 27.2 Å². The molecule has 0 saturated carbocycles. The van der Waals surface area contributed by atoms with E-state index in [2.05, 4.69) is 17.9 Å². The third kappa shape index (κ3) is 9.19. The molecule has 0 rings (SSSR count). The van der Waals surface area contributed by atoms with Gasteiger partial charge in [0.05, 0.1) is 0 Å². The zero-order valence-corrected chi connectivity index (χ0v) is 16.2. The smallest absolute Gasteiger partial charge is 1.00 e. The van der Waals surface area contributed by atoms with Crippen molar-refractivity contribution >= 4 is 28.0 Å². The van der Waals surface area contributed by atoms with Crippen molar-refractivity contribution in [2.24, 2.45) is 5.41 Å². The molecule has 1 N–H and O–H groups in total. The summed E-state index contributed by atoms with van der Waals surface area (Å²) in [6.45, 7) is 10.0. The summed E-state index contributed by atoms with van der Waals surface area (Å²) < 4.78 is 44.6. The average Bonchev–Trinajstić information content (AvgIpc) is 2.51. The van der Waals surface area contributed by atoms with E-state index < -0.39 is 52.6 Å². The molecule has 0 aliphatic rings. The Morgan fingerprint density at radius 3 is 1.65 bits per heavy atom. The van der Waals surface area contributed by atoms with Crippen LogP contribution in [0.15, 0.2) is 24.3 Å². The maximum Gasteiger partial charge on any atom is 1.00 e. The molecule has 0 aliphatic carbocycles. The van der Waals surface area contributed by atoms with Gasteiger partial charge in [0.15, 0.2) is 0 Å². The minimum absolute atomic E-state index is 0. The standard InChI is InChI=1S/C15H22O9S.Li.H/c1-6-15(7-22-12(16)10(2)3,8-23-13(17)11(4)5)14(18)24-9-25(19,20)21;;/h2,4,6-9H2,1,3,5H3,(H,19,20,21);;/q;+1;-1. The Bertz CT molecular complexity index is 643. The molecule has 0 aromatic rings. The molecule has 0 saturated heterocycles. The van der Waals surface area contributed by atoms with Gasteiger partial charge in [0.25, 0.3) is 0 Å². The van der Waals surface area contributed by atoms with Crippen LogP contribution in [0.2, 0.25) is 0 Å². The summed E-state index contributed by atoms with van der Waals surface area (Å²) in [4.78, 5) is 35.4.